The van der Waals surface area contributed by atoms with Crippen LogP contribution in [0.1, 0.15) is 18.9 Å². The topological polar surface area (TPSA) is 30.7 Å². The van der Waals surface area contributed by atoms with Crippen molar-refractivity contribution in [3.63, 3.8) is 0 Å². The summed E-state index contributed by atoms with van der Waals surface area (Å²) in [7, 11) is 0. The Morgan fingerprint density at radius 2 is 2.29 bits per heavy atom. The minimum Gasteiger partial charge on any atom is -0.314 e. The van der Waals surface area contributed by atoms with Crippen molar-refractivity contribution in [2.45, 2.75) is 26.8 Å². The molecule has 2 rings (SSSR count). The third-order valence-electron chi connectivity index (χ3n) is 2.18. The van der Waals surface area contributed by atoms with Crippen LogP contribution in [-0.4, -0.2) is 14.8 Å². The van der Waals surface area contributed by atoms with Crippen LogP contribution in [0.25, 0.3) is 11.4 Å². The lowest BCUT2D eigenvalue weighted by atomic mass is 10.2. The average Bonchev–Trinajstić information content (AvgIpc) is 2.74. The third-order valence-corrected chi connectivity index (χ3v) is 3.04. The maximum atomic E-state index is 4.16. The molecule has 0 radical (unpaired) electrons. The summed E-state index contributed by atoms with van der Waals surface area (Å²) in [4.78, 5) is 0. The lowest BCUT2D eigenvalue weighted by Crippen LogP contribution is -1.98. The number of nitrogens with zero attached hydrogens (tertiary/aromatic N) is 3. The van der Waals surface area contributed by atoms with Gasteiger partial charge in [0, 0.05) is 17.5 Å². The minimum atomic E-state index is 0.984. The smallest absolute Gasteiger partial charge is 0.164 e. The molecule has 0 aliphatic rings. The molecule has 2 heterocycles. The standard InChI is InChI=1S/C10H13N3S/c1-3-4-13-7-11-12-10(13)9-6-14-5-8(9)2/h5-7H,3-4H2,1-2H3. The zero-order valence-electron chi connectivity index (χ0n) is 8.40. The summed E-state index contributed by atoms with van der Waals surface area (Å²) < 4.78 is 2.11. The van der Waals surface area contributed by atoms with Gasteiger partial charge in [0.1, 0.15) is 6.33 Å². The van der Waals surface area contributed by atoms with E-state index >= 15 is 0 Å². The van der Waals surface area contributed by atoms with Crippen molar-refractivity contribution in [3.8, 4) is 11.4 Å². The van der Waals surface area contributed by atoms with Gasteiger partial charge in [0.25, 0.3) is 0 Å². The number of aromatic nitrogens is 3. The van der Waals surface area contributed by atoms with E-state index in [9.17, 15) is 0 Å². The lowest BCUT2D eigenvalue weighted by molar-refractivity contribution is 0.682. The third kappa shape index (κ3) is 1.57. The van der Waals surface area contributed by atoms with Crippen molar-refractivity contribution >= 4 is 11.3 Å². The predicted molar refractivity (Wildman–Crippen MR) is 58.4 cm³/mol. The molecule has 74 valence electrons. The molecule has 0 fully saturated rings. The molecule has 0 aliphatic carbocycles. The van der Waals surface area contributed by atoms with E-state index in [0.717, 1.165) is 18.8 Å². The first-order chi connectivity index (χ1) is 6.83. The van der Waals surface area contributed by atoms with Gasteiger partial charge in [-0.1, -0.05) is 6.92 Å². The van der Waals surface area contributed by atoms with Gasteiger partial charge in [-0.2, -0.15) is 11.3 Å². The predicted octanol–water partition coefficient (Wildman–Crippen LogP) is 2.73. The summed E-state index contributed by atoms with van der Waals surface area (Å²) in [5.41, 5.74) is 2.49. The van der Waals surface area contributed by atoms with Crippen molar-refractivity contribution in [3.05, 3.63) is 22.7 Å². The monoisotopic (exact) mass is 207 g/mol. The van der Waals surface area contributed by atoms with Gasteiger partial charge in [0.05, 0.1) is 0 Å². The molecule has 0 spiro atoms. The summed E-state index contributed by atoms with van der Waals surface area (Å²) in [5, 5.41) is 12.4. The fourth-order valence-electron chi connectivity index (χ4n) is 1.46. The number of rotatable bonds is 3. The van der Waals surface area contributed by atoms with Crippen LogP contribution in [0.5, 0.6) is 0 Å². The summed E-state index contributed by atoms with van der Waals surface area (Å²) in [6, 6.07) is 0. The summed E-state index contributed by atoms with van der Waals surface area (Å²) in [6.07, 6.45) is 2.91. The maximum Gasteiger partial charge on any atom is 0.164 e. The minimum absolute atomic E-state index is 0.984. The second-order valence-electron chi connectivity index (χ2n) is 3.32. The molecule has 2 aromatic heterocycles. The maximum absolute atomic E-state index is 4.16. The largest absolute Gasteiger partial charge is 0.314 e. The molecule has 0 aliphatic heterocycles. The molecule has 0 N–H and O–H groups in total. The van der Waals surface area contributed by atoms with E-state index in [4.69, 9.17) is 0 Å². The Morgan fingerprint density at radius 1 is 1.43 bits per heavy atom. The van der Waals surface area contributed by atoms with Crippen LogP contribution in [0.2, 0.25) is 0 Å². The molecule has 3 nitrogen and oxygen atoms in total. The van der Waals surface area contributed by atoms with Gasteiger partial charge in [-0.15, -0.1) is 10.2 Å². The first kappa shape index (κ1) is 9.40. The van der Waals surface area contributed by atoms with Crippen LogP contribution in [-0.2, 0) is 6.54 Å². The van der Waals surface area contributed by atoms with E-state index in [1.54, 1.807) is 17.7 Å². The first-order valence-electron chi connectivity index (χ1n) is 4.74. The van der Waals surface area contributed by atoms with E-state index in [0.29, 0.717) is 0 Å². The number of thiophene rings is 1. The molecule has 0 saturated carbocycles. The summed E-state index contributed by atoms with van der Waals surface area (Å²) in [5.74, 6) is 0.991. The van der Waals surface area contributed by atoms with Crippen molar-refractivity contribution in [1.29, 1.82) is 0 Å². The van der Waals surface area contributed by atoms with Crippen LogP contribution in [0.3, 0.4) is 0 Å². The highest BCUT2D eigenvalue weighted by molar-refractivity contribution is 7.08. The summed E-state index contributed by atoms with van der Waals surface area (Å²) >= 11 is 1.71. The van der Waals surface area contributed by atoms with Gasteiger partial charge in [0.15, 0.2) is 5.82 Å². The molecule has 0 amide bonds. The van der Waals surface area contributed by atoms with Crippen molar-refractivity contribution in [2.24, 2.45) is 0 Å². The number of hydrogen-bond donors (Lipinski definition) is 0. The van der Waals surface area contributed by atoms with Crippen LogP contribution in [0.15, 0.2) is 17.1 Å². The van der Waals surface area contributed by atoms with Crippen LogP contribution < -0.4 is 0 Å². The van der Waals surface area contributed by atoms with Crippen molar-refractivity contribution in [1.82, 2.24) is 14.8 Å². The van der Waals surface area contributed by atoms with Gasteiger partial charge in [-0.05, 0) is 24.3 Å². The van der Waals surface area contributed by atoms with Crippen LogP contribution in [0.4, 0.5) is 0 Å². The Bertz CT molecular complexity index is 416. The Morgan fingerprint density at radius 3 is 2.93 bits per heavy atom. The fraction of sp³-hybridized carbons (Fsp3) is 0.400. The molecule has 4 heteroatoms. The highest BCUT2D eigenvalue weighted by Crippen LogP contribution is 2.24. The van der Waals surface area contributed by atoms with Crippen molar-refractivity contribution in [2.75, 3.05) is 0 Å². The Labute approximate surface area is 87.4 Å². The zero-order chi connectivity index (χ0) is 9.97. The molecule has 0 bridgehead atoms. The van der Waals surface area contributed by atoms with E-state index in [1.165, 1.54) is 11.1 Å². The Balaban J connectivity index is 2.41. The number of hydrogen-bond acceptors (Lipinski definition) is 3. The summed E-state index contributed by atoms with van der Waals surface area (Å²) in [6.45, 7) is 5.25. The van der Waals surface area contributed by atoms with Gasteiger partial charge in [0.2, 0.25) is 0 Å². The second-order valence-corrected chi connectivity index (χ2v) is 4.06. The molecule has 0 unspecified atom stereocenters. The average molecular weight is 207 g/mol. The first-order valence-corrected chi connectivity index (χ1v) is 5.68. The SMILES string of the molecule is CCCn1cnnc1-c1cscc1C. The second kappa shape index (κ2) is 3.92. The fourth-order valence-corrected chi connectivity index (χ4v) is 2.28. The molecular weight excluding hydrogens is 194 g/mol. The van der Waals surface area contributed by atoms with E-state index < -0.39 is 0 Å². The molecule has 0 atom stereocenters. The zero-order valence-corrected chi connectivity index (χ0v) is 9.21. The Kier molecular flexibility index (Phi) is 2.63. The number of aryl methyl sites for hydroxylation is 2. The Hall–Kier alpha value is -1.16. The van der Waals surface area contributed by atoms with E-state index in [2.05, 4.69) is 39.4 Å². The van der Waals surface area contributed by atoms with Crippen LogP contribution >= 0.6 is 11.3 Å². The van der Waals surface area contributed by atoms with E-state index in [-0.39, 0.29) is 0 Å². The van der Waals surface area contributed by atoms with Crippen LogP contribution in [0, 0.1) is 6.92 Å². The molecule has 0 saturated heterocycles. The molecule has 14 heavy (non-hydrogen) atoms. The molecule has 0 aromatic carbocycles. The van der Waals surface area contributed by atoms with Crippen molar-refractivity contribution < 1.29 is 0 Å². The van der Waals surface area contributed by atoms with Gasteiger partial charge < -0.3 is 4.57 Å². The van der Waals surface area contributed by atoms with Gasteiger partial charge in [-0.3, -0.25) is 0 Å². The molecular formula is C10H13N3S. The van der Waals surface area contributed by atoms with Gasteiger partial charge in [-0.25, -0.2) is 0 Å². The lowest BCUT2D eigenvalue weighted by Gasteiger charge is -2.03. The normalized spacial score (nSPS) is 10.7. The highest BCUT2D eigenvalue weighted by Gasteiger charge is 2.09. The van der Waals surface area contributed by atoms with Gasteiger partial charge >= 0.3 is 0 Å². The van der Waals surface area contributed by atoms with E-state index in [1.807, 2.05) is 0 Å². The quantitative estimate of drug-likeness (QED) is 0.774. The molecule has 2 aromatic rings. The highest BCUT2D eigenvalue weighted by atomic mass is 32.1.